The summed E-state index contributed by atoms with van der Waals surface area (Å²) in [6.07, 6.45) is 3.73. The lowest BCUT2D eigenvalue weighted by Crippen LogP contribution is -2.39. The highest BCUT2D eigenvalue weighted by Crippen LogP contribution is 2.29. The Morgan fingerprint density at radius 3 is 2.73 bits per heavy atom. The van der Waals surface area contributed by atoms with Crippen LogP contribution >= 0.6 is 24.0 Å². The Bertz CT molecular complexity index is 975. The van der Waals surface area contributed by atoms with Crippen molar-refractivity contribution < 1.29 is 9.47 Å². The third-order valence-electron chi connectivity index (χ3n) is 4.73. The van der Waals surface area contributed by atoms with Crippen molar-refractivity contribution in [1.82, 2.24) is 25.2 Å². The van der Waals surface area contributed by atoms with Crippen molar-refractivity contribution in [2.75, 3.05) is 27.8 Å². The number of halogens is 1. The molecule has 1 unspecified atom stereocenters. The lowest BCUT2D eigenvalue weighted by atomic mass is 10.1. The van der Waals surface area contributed by atoms with E-state index in [1.54, 1.807) is 21.3 Å². The fourth-order valence-electron chi connectivity index (χ4n) is 3.17. The molecule has 3 aromatic rings. The number of aryl methyl sites for hydroxylation is 1. The van der Waals surface area contributed by atoms with Gasteiger partial charge in [0.2, 0.25) is 0 Å². The zero-order valence-corrected chi connectivity index (χ0v) is 20.1. The normalized spacial score (nSPS) is 12.2. The molecule has 8 nitrogen and oxygen atoms in total. The van der Waals surface area contributed by atoms with Gasteiger partial charge in [0.05, 0.1) is 20.3 Å². The van der Waals surface area contributed by atoms with Crippen LogP contribution in [0.1, 0.15) is 30.8 Å². The molecule has 1 aromatic carbocycles. The molecule has 0 saturated carbocycles. The van der Waals surface area contributed by atoms with Gasteiger partial charge in [-0.15, -0.1) is 34.2 Å². The number of rotatable bonds is 8. The van der Waals surface area contributed by atoms with E-state index in [0.717, 1.165) is 53.9 Å². The predicted molar refractivity (Wildman–Crippen MR) is 129 cm³/mol. The highest BCUT2D eigenvalue weighted by atomic mass is 127. The Morgan fingerprint density at radius 1 is 1.17 bits per heavy atom. The first-order valence-electron chi connectivity index (χ1n) is 9.64. The van der Waals surface area contributed by atoms with Gasteiger partial charge in [-0.25, -0.2) is 0 Å². The predicted octanol–water partition coefficient (Wildman–Crippen LogP) is 3.22. The molecule has 9 heteroatoms. The second kappa shape index (κ2) is 11.6. The zero-order chi connectivity index (χ0) is 20.6. The smallest absolute Gasteiger partial charge is 0.191 e. The van der Waals surface area contributed by atoms with Crippen molar-refractivity contribution in [3.8, 4) is 11.5 Å². The minimum atomic E-state index is -0.00769. The number of ether oxygens (including phenoxy) is 2. The molecule has 0 aliphatic rings. The van der Waals surface area contributed by atoms with Crippen LogP contribution in [0.4, 0.5) is 0 Å². The van der Waals surface area contributed by atoms with Gasteiger partial charge in [-0.2, -0.15) is 0 Å². The Kier molecular flexibility index (Phi) is 9.15. The second-order valence-electron chi connectivity index (χ2n) is 6.62. The van der Waals surface area contributed by atoms with E-state index in [1.807, 2.05) is 47.0 Å². The first-order chi connectivity index (χ1) is 14.2. The molecule has 0 aliphatic heterocycles. The summed E-state index contributed by atoms with van der Waals surface area (Å²) in [6.45, 7) is 2.83. The Labute approximate surface area is 194 Å². The molecule has 0 spiro atoms. The minimum absolute atomic E-state index is 0. The zero-order valence-electron chi connectivity index (χ0n) is 17.8. The quantitative estimate of drug-likeness (QED) is 0.204. The molecule has 30 heavy (non-hydrogen) atoms. The largest absolute Gasteiger partial charge is 0.497 e. The Morgan fingerprint density at radius 2 is 2.00 bits per heavy atom. The molecule has 162 valence electrons. The fraction of sp³-hybridized carbons (Fsp3) is 0.381. The molecule has 3 rings (SSSR count). The van der Waals surface area contributed by atoms with Crippen LogP contribution in [0.15, 0.2) is 47.6 Å². The summed E-state index contributed by atoms with van der Waals surface area (Å²) < 4.78 is 12.8. The molecule has 2 heterocycles. The van der Waals surface area contributed by atoms with E-state index in [1.165, 1.54) is 0 Å². The maximum Gasteiger partial charge on any atom is 0.191 e. The number of benzene rings is 1. The molecule has 2 aromatic heterocycles. The van der Waals surface area contributed by atoms with Gasteiger partial charge < -0.3 is 20.1 Å². The van der Waals surface area contributed by atoms with Crippen LogP contribution in [-0.2, 0) is 6.42 Å². The summed E-state index contributed by atoms with van der Waals surface area (Å²) in [7, 11) is 5.08. The maximum atomic E-state index is 5.49. The van der Waals surface area contributed by atoms with Crippen molar-refractivity contribution >= 4 is 35.6 Å². The van der Waals surface area contributed by atoms with Crippen LogP contribution in [0.25, 0.3) is 5.65 Å². The number of methoxy groups -OCH3 is 2. The summed E-state index contributed by atoms with van der Waals surface area (Å²) in [4.78, 5) is 4.33. The van der Waals surface area contributed by atoms with Gasteiger partial charge >= 0.3 is 0 Å². The number of hydrogen-bond donors (Lipinski definition) is 2. The molecular weight excluding hydrogens is 495 g/mol. The van der Waals surface area contributed by atoms with Gasteiger partial charge in [-0.1, -0.05) is 6.07 Å². The van der Waals surface area contributed by atoms with E-state index in [-0.39, 0.29) is 30.0 Å². The summed E-state index contributed by atoms with van der Waals surface area (Å²) in [6, 6.07) is 11.7. The van der Waals surface area contributed by atoms with Crippen molar-refractivity contribution in [3.05, 3.63) is 54.0 Å². The van der Waals surface area contributed by atoms with E-state index >= 15 is 0 Å². The number of aromatic nitrogens is 3. The van der Waals surface area contributed by atoms with E-state index in [2.05, 4.69) is 32.7 Å². The van der Waals surface area contributed by atoms with Crippen molar-refractivity contribution in [2.24, 2.45) is 4.99 Å². The molecule has 1 atom stereocenters. The number of guanidine groups is 1. The average Bonchev–Trinajstić information content (AvgIpc) is 3.18. The SMILES string of the molecule is CN=C(NCCCc1nnc2ccccn12)NC(C)c1cc(OC)ccc1OC.I. The van der Waals surface area contributed by atoms with Crippen molar-refractivity contribution in [3.63, 3.8) is 0 Å². The number of nitrogens with zero attached hydrogens (tertiary/aromatic N) is 4. The maximum absolute atomic E-state index is 5.49. The summed E-state index contributed by atoms with van der Waals surface area (Å²) in [5, 5.41) is 15.2. The minimum Gasteiger partial charge on any atom is -0.497 e. The van der Waals surface area contributed by atoms with Gasteiger partial charge in [0.1, 0.15) is 17.3 Å². The van der Waals surface area contributed by atoms with Gasteiger partial charge in [-0.3, -0.25) is 9.39 Å². The van der Waals surface area contributed by atoms with Gasteiger partial charge in [0, 0.05) is 31.8 Å². The van der Waals surface area contributed by atoms with E-state index < -0.39 is 0 Å². The van der Waals surface area contributed by atoms with Crippen LogP contribution in [0, 0.1) is 0 Å². The van der Waals surface area contributed by atoms with Crippen molar-refractivity contribution in [1.29, 1.82) is 0 Å². The van der Waals surface area contributed by atoms with Crippen LogP contribution in [0.2, 0.25) is 0 Å². The van der Waals surface area contributed by atoms with E-state index in [0.29, 0.717) is 0 Å². The molecule has 0 radical (unpaired) electrons. The number of pyridine rings is 1. The lowest BCUT2D eigenvalue weighted by Gasteiger charge is -2.20. The molecule has 0 amide bonds. The van der Waals surface area contributed by atoms with Crippen LogP contribution in [0.3, 0.4) is 0 Å². The van der Waals surface area contributed by atoms with E-state index in [4.69, 9.17) is 9.47 Å². The number of fused-ring (bicyclic) bond motifs is 1. The second-order valence-corrected chi connectivity index (χ2v) is 6.62. The molecule has 0 aliphatic carbocycles. The monoisotopic (exact) mass is 524 g/mol. The fourth-order valence-corrected chi connectivity index (χ4v) is 3.17. The molecule has 2 N–H and O–H groups in total. The first kappa shape index (κ1) is 23.7. The Hall–Kier alpha value is -2.56. The van der Waals surface area contributed by atoms with Gasteiger partial charge in [0.15, 0.2) is 11.6 Å². The summed E-state index contributed by atoms with van der Waals surface area (Å²) in [5.74, 6) is 3.28. The highest BCUT2D eigenvalue weighted by Gasteiger charge is 2.14. The van der Waals surface area contributed by atoms with Crippen molar-refractivity contribution in [2.45, 2.75) is 25.8 Å². The number of aliphatic imine (C=N–C) groups is 1. The Balaban J connectivity index is 0.00000320. The molecule has 0 fully saturated rings. The lowest BCUT2D eigenvalue weighted by molar-refractivity contribution is 0.394. The van der Waals surface area contributed by atoms with Gasteiger partial charge in [-0.05, 0) is 43.7 Å². The number of hydrogen-bond acceptors (Lipinski definition) is 5. The van der Waals surface area contributed by atoms with Crippen LogP contribution in [0.5, 0.6) is 11.5 Å². The van der Waals surface area contributed by atoms with Crippen LogP contribution in [-0.4, -0.2) is 48.4 Å². The average molecular weight is 524 g/mol. The standard InChI is InChI=1S/C21H28N6O2.HI/c1-15(17-14-16(28-3)10-11-18(17)29-4)24-21(22-2)23-12-7-9-20-26-25-19-8-5-6-13-27(19)20;/h5-6,8,10-11,13-15H,7,9,12H2,1-4H3,(H2,22,23,24);1H. The molecule has 0 bridgehead atoms. The van der Waals surface area contributed by atoms with Crippen LogP contribution < -0.4 is 20.1 Å². The molecular formula is C21H29IN6O2. The van der Waals surface area contributed by atoms with E-state index in [9.17, 15) is 0 Å². The first-order valence-corrected chi connectivity index (χ1v) is 9.64. The van der Waals surface area contributed by atoms with Gasteiger partial charge in [0.25, 0.3) is 0 Å². The summed E-state index contributed by atoms with van der Waals surface area (Å²) >= 11 is 0. The number of nitrogens with one attached hydrogen (secondary N) is 2. The summed E-state index contributed by atoms with van der Waals surface area (Å²) in [5.41, 5.74) is 1.87. The molecule has 0 saturated heterocycles. The third kappa shape index (κ3) is 5.74. The third-order valence-corrected chi connectivity index (χ3v) is 4.73. The topological polar surface area (TPSA) is 85.1 Å². The highest BCUT2D eigenvalue weighted by molar-refractivity contribution is 14.0.